The van der Waals surface area contributed by atoms with Crippen LogP contribution in [0.3, 0.4) is 0 Å². The van der Waals surface area contributed by atoms with Crippen LogP contribution in [0.15, 0.2) is 0 Å². The van der Waals surface area contributed by atoms with Gasteiger partial charge < -0.3 is 0 Å². The molecule has 2 aliphatic carbocycles. The third kappa shape index (κ3) is 1.71. The molecule has 3 N–H and O–H groups in total. The molecule has 1 heterocycles. The molecule has 2 unspecified atom stereocenters. The van der Waals surface area contributed by atoms with E-state index < -0.39 is 5.72 Å². The molecule has 1 saturated heterocycles. The van der Waals surface area contributed by atoms with Crippen molar-refractivity contribution in [1.82, 2.24) is 0 Å². The number of ether oxygens (including phenoxy) is 1. The van der Waals surface area contributed by atoms with E-state index in [4.69, 9.17) is 10.5 Å². The second-order valence-electron chi connectivity index (χ2n) is 7.07. The molecule has 18 heavy (non-hydrogen) atoms. The zero-order valence-corrected chi connectivity index (χ0v) is 13.8. The van der Waals surface area contributed by atoms with Gasteiger partial charge in [0.15, 0.2) is 0 Å². The van der Waals surface area contributed by atoms with E-state index in [1.165, 1.54) is 12.8 Å². The van der Waals surface area contributed by atoms with Crippen molar-refractivity contribution in [2.24, 2.45) is 11.7 Å². The maximum atomic E-state index is 10.3. The van der Waals surface area contributed by atoms with Gasteiger partial charge in [0.2, 0.25) is 0 Å². The number of rotatable bonds is 1. The van der Waals surface area contributed by atoms with Crippen LogP contribution in [0, 0.1) is 5.92 Å². The normalized spacial score (nSPS) is 54.4. The van der Waals surface area contributed by atoms with Gasteiger partial charge in [-0.25, -0.2) is 0 Å². The molecule has 1 spiro atoms. The average molecular weight is 366 g/mol. The summed E-state index contributed by atoms with van der Waals surface area (Å²) in [4.78, 5) is 2.39. The molecule has 3 nitrogen and oxygen atoms in total. The molecular formula is C14H25INO2-. The number of alkyl halides is 2. The summed E-state index contributed by atoms with van der Waals surface area (Å²) in [7, 11) is 0. The predicted molar refractivity (Wildman–Crippen MR) is 66.9 cm³/mol. The van der Waals surface area contributed by atoms with Crippen molar-refractivity contribution in [3.63, 3.8) is 0 Å². The summed E-state index contributed by atoms with van der Waals surface area (Å²) in [6.45, 7) is 4.45. The minimum absolute atomic E-state index is 0.0336. The summed E-state index contributed by atoms with van der Waals surface area (Å²) in [5.74, 6) is 0.648. The Kier molecular flexibility index (Phi) is 2.89. The molecular weight excluding hydrogens is 341 g/mol. The molecule has 0 aromatic carbocycles. The molecule has 3 fully saturated rings. The first kappa shape index (κ1) is 13.6. The third-order valence-corrected chi connectivity index (χ3v) is 9.76. The summed E-state index contributed by atoms with van der Waals surface area (Å²) in [5.41, 5.74) is 4.89. The van der Waals surface area contributed by atoms with Gasteiger partial charge in [0.05, 0.1) is 0 Å². The van der Waals surface area contributed by atoms with Crippen molar-refractivity contribution < 1.29 is 31.0 Å². The van der Waals surface area contributed by atoms with E-state index in [2.05, 4.69) is 18.8 Å². The second kappa shape index (κ2) is 3.83. The SMILES string of the molecule is C[I-]C12CCC3C[C@@]1(C[C@@](N)(O)CC2)OC3(C)C. The standard InChI is InChI=1S/C14H25INO2/c1-11(2)10-4-5-12(15-3)6-7-14(16,17)9-13(12,8-10)18-11/h10,17H,4-9,16H2,1-3H3/q-1/t10?,12?,13-,14-/m0/s1. The number of nitrogens with two attached hydrogens (primary N) is 1. The molecule has 106 valence electrons. The summed E-state index contributed by atoms with van der Waals surface area (Å²) in [5, 5.41) is 10.3. The zero-order valence-electron chi connectivity index (χ0n) is 11.6. The van der Waals surface area contributed by atoms with Gasteiger partial charge in [-0.15, -0.1) is 0 Å². The number of hydrogen-bond acceptors (Lipinski definition) is 3. The van der Waals surface area contributed by atoms with E-state index in [0.29, 0.717) is 15.8 Å². The molecule has 0 aromatic rings. The maximum absolute atomic E-state index is 10.3. The van der Waals surface area contributed by atoms with Crippen LogP contribution in [0.4, 0.5) is 0 Å². The summed E-state index contributed by atoms with van der Waals surface area (Å²) < 4.78 is 6.94. The average Bonchev–Trinajstić information content (AvgIpc) is 2.45. The van der Waals surface area contributed by atoms with Gasteiger partial charge in [-0.05, 0) is 0 Å². The van der Waals surface area contributed by atoms with E-state index in [9.17, 15) is 5.11 Å². The predicted octanol–water partition coefficient (Wildman–Crippen LogP) is -1.38. The summed E-state index contributed by atoms with van der Waals surface area (Å²) in [6, 6.07) is 0. The Labute approximate surface area is 120 Å². The van der Waals surface area contributed by atoms with Crippen LogP contribution >= 0.6 is 0 Å². The van der Waals surface area contributed by atoms with Gasteiger partial charge in [-0.1, -0.05) is 0 Å². The van der Waals surface area contributed by atoms with Crippen LogP contribution in [0.1, 0.15) is 52.4 Å². The Hall–Kier alpha value is 0.610. The quantitative estimate of drug-likeness (QED) is 0.342. The van der Waals surface area contributed by atoms with E-state index >= 15 is 0 Å². The van der Waals surface area contributed by atoms with Crippen LogP contribution in [0.2, 0.25) is 0 Å². The van der Waals surface area contributed by atoms with Gasteiger partial charge in [0, 0.05) is 0 Å². The minimum atomic E-state index is -1.01. The Bertz CT molecular complexity index is 367. The van der Waals surface area contributed by atoms with Gasteiger partial charge in [-0.2, -0.15) is 0 Å². The fraction of sp³-hybridized carbons (Fsp3) is 1.00. The number of aliphatic hydroxyl groups is 1. The van der Waals surface area contributed by atoms with Crippen molar-refractivity contribution >= 4 is 0 Å². The molecule has 3 aliphatic rings. The first-order chi connectivity index (χ1) is 8.24. The molecule has 4 heteroatoms. The van der Waals surface area contributed by atoms with Crippen molar-refractivity contribution in [2.45, 2.75) is 72.7 Å². The first-order valence-corrected chi connectivity index (χ1v) is 10.2. The van der Waals surface area contributed by atoms with E-state index in [1.807, 2.05) is 0 Å². The monoisotopic (exact) mass is 366 g/mol. The van der Waals surface area contributed by atoms with Crippen LogP contribution < -0.4 is 26.9 Å². The van der Waals surface area contributed by atoms with Crippen LogP contribution in [-0.4, -0.2) is 30.4 Å². The Morgan fingerprint density at radius 2 is 2.00 bits per heavy atom. The fourth-order valence-corrected chi connectivity index (χ4v) is 7.77. The van der Waals surface area contributed by atoms with E-state index in [1.54, 1.807) is 0 Å². The molecule has 1 aliphatic heterocycles. The number of halogens is 1. The molecule has 3 rings (SSSR count). The van der Waals surface area contributed by atoms with Crippen molar-refractivity contribution in [1.29, 1.82) is 0 Å². The molecule has 0 aromatic heterocycles. The number of fused-ring (bicyclic) bond motifs is 1. The number of hydrogen-bond donors (Lipinski definition) is 2. The fourth-order valence-electron chi connectivity index (χ4n) is 4.61. The Balaban J connectivity index is 2.02. The zero-order chi connectivity index (χ0) is 13.2. The molecule has 4 atom stereocenters. The van der Waals surface area contributed by atoms with Crippen molar-refractivity contribution in [3.05, 3.63) is 0 Å². The van der Waals surface area contributed by atoms with E-state index in [-0.39, 0.29) is 32.4 Å². The summed E-state index contributed by atoms with van der Waals surface area (Å²) in [6.07, 6.45) is 6.16. The van der Waals surface area contributed by atoms with Gasteiger partial charge >= 0.3 is 120 Å². The Morgan fingerprint density at radius 3 is 2.67 bits per heavy atom. The van der Waals surface area contributed by atoms with Gasteiger partial charge in [0.25, 0.3) is 0 Å². The molecule has 0 radical (unpaired) electrons. The molecule has 0 amide bonds. The summed E-state index contributed by atoms with van der Waals surface area (Å²) >= 11 is 0.0989. The molecule has 2 saturated carbocycles. The van der Waals surface area contributed by atoms with Crippen molar-refractivity contribution in [2.75, 3.05) is 4.93 Å². The van der Waals surface area contributed by atoms with E-state index in [0.717, 1.165) is 19.3 Å². The second-order valence-corrected chi connectivity index (χ2v) is 10.2. The molecule has 2 bridgehead atoms. The van der Waals surface area contributed by atoms with Crippen LogP contribution in [-0.2, 0) is 4.74 Å². The van der Waals surface area contributed by atoms with Crippen molar-refractivity contribution in [3.8, 4) is 0 Å². The van der Waals surface area contributed by atoms with Gasteiger partial charge in [0.1, 0.15) is 0 Å². The van der Waals surface area contributed by atoms with Crippen LogP contribution in [0.25, 0.3) is 0 Å². The van der Waals surface area contributed by atoms with Crippen LogP contribution in [0.5, 0.6) is 0 Å². The first-order valence-electron chi connectivity index (χ1n) is 6.96. The topological polar surface area (TPSA) is 55.5 Å². The third-order valence-electron chi connectivity index (χ3n) is 5.63. The van der Waals surface area contributed by atoms with Gasteiger partial charge in [-0.3, -0.25) is 0 Å². The Morgan fingerprint density at radius 1 is 1.28 bits per heavy atom.